The standard InChI is InChI=1S/C14H19ClN2O/c15-11-3-4-14(18)10(8-11)9-16-12-5-7-17-6-1-2-13(12)17/h3-4,8,12-13,16,18H,1-2,5-7,9H2. The zero-order valence-corrected chi connectivity index (χ0v) is 11.2. The number of benzene rings is 1. The van der Waals surface area contributed by atoms with Crippen LogP contribution in [0.25, 0.3) is 0 Å². The highest BCUT2D eigenvalue weighted by Gasteiger charge is 2.36. The number of hydrogen-bond donors (Lipinski definition) is 2. The number of halogens is 1. The topological polar surface area (TPSA) is 35.5 Å². The van der Waals surface area contributed by atoms with E-state index in [1.54, 1.807) is 12.1 Å². The van der Waals surface area contributed by atoms with Gasteiger partial charge in [-0.2, -0.15) is 0 Å². The molecule has 1 aromatic rings. The normalized spacial score (nSPS) is 27.6. The van der Waals surface area contributed by atoms with Crippen molar-refractivity contribution in [3.8, 4) is 5.75 Å². The van der Waals surface area contributed by atoms with Gasteiger partial charge in [0.25, 0.3) is 0 Å². The summed E-state index contributed by atoms with van der Waals surface area (Å²) in [6.45, 7) is 3.16. The number of phenolic OH excluding ortho intramolecular Hbond substituents is 1. The highest BCUT2D eigenvalue weighted by molar-refractivity contribution is 6.30. The molecule has 2 aliphatic heterocycles. The number of phenols is 1. The molecule has 2 fully saturated rings. The third kappa shape index (κ3) is 2.35. The van der Waals surface area contributed by atoms with E-state index in [2.05, 4.69) is 10.2 Å². The van der Waals surface area contributed by atoms with Gasteiger partial charge in [-0.15, -0.1) is 0 Å². The summed E-state index contributed by atoms with van der Waals surface area (Å²) in [5, 5.41) is 14.0. The first-order chi connectivity index (χ1) is 8.74. The first-order valence-electron chi connectivity index (χ1n) is 6.69. The van der Waals surface area contributed by atoms with E-state index in [9.17, 15) is 5.11 Å². The Balaban J connectivity index is 1.62. The van der Waals surface area contributed by atoms with E-state index in [1.807, 2.05) is 6.07 Å². The van der Waals surface area contributed by atoms with Crippen LogP contribution < -0.4 is 5.32 Å². The average molecular weight is 267 g/mol. The lowest BCUT2D eigenvalue weighted by Crippen LogP contribution is -2.38. The number of nitrogens with zero attached hydrogens (tertiary/aromatic N) is 1. The fraction of sp³-hybridized carbons (Fsp3) is 0.571. The van der Waals surface area contributed by atoms with Crippen molar-refractivity contribution >= 4 is 11.6 Å². The van der Waals surface area contributed by atoms with Gasteiger partial charge in [0.2, 0.25) is 0 Å². The van der Waals surface area contributed by atoms with Gasteiger partial charge in [0.15, 0.2) is 0 Å². The lowest BCUT2D eigenvalue weighted by atomic mass is 10.1. The highest BCUT2D eigenvalue weighted by Crippen LogP contribution is 2.28. The van der Waals surface area contributed by atoms with Crippen LogP contribution >= 0.6 is 11.6 Å². The molecule has 0 saturated carbocycles. The number of rotatable bonds is 3. The largest absolute Gasteiger partial charge is 0.508 e. The van der Waals surface area contributed by atoms with Crippen LogP contribution in [-0.4, -0.2) is 35.2 Å². The molecule has 4 heteroatoms. The Bertz CT molecular complexity index is 438. The highest BCUT2D eigenvalue weighted by atomic mass is 35.5. The second-order valence-electron chi connectivity index (χ2n) is 5.29. The number of aromatic hydroxyl groups is 1. The fourth-order valence-electron chi connectivity index (χ4n) is 3.26. The SMILES string of the molecule is Oc1ccc(Cl)cc1CNC1CCN2CCCC12. The zero-order chi connectivity index (χ0) is 12.5. The van der Waals surface area contributed by atoms with E-state index in [0.717, 1.165) is 5.56 Å². The molecule has 2 N–H and O–H groups in total. The molecule has 3 rings (SSSR count). The Morgan fingerprint density at radius 1 is 1.33 bits per heavy atom. The summed E-state index contributed by atoms with van der Waals surface area (Å²) in [7, 11) is 0. The summed E-state index contributed by atoms with van der Waals surface area (Å²) in [5.74, 6) is 0.327. The molecular weight excluding hydrogens is 248 g/mol. The van der Waals surface area contributed by atoms with E-state index in [1.165, 1.54) is 32.4 Å². The van der Waals surface area contributed by atoms with Crippen molar-refractivity contribution in [3.63, 3.8) is 0 Å². The predicted octanol–water partition coefficient (Wildman–Crippen LogP) is 2.37. The molecular formula is C14H19ClN2O. The first kappa shape index (κ1) is 12.3. The maximum absolute atomic E-state index is 9.79. The van der Waals surface area contributed by atoms with E-state index >= 15 is 0 Å². The van der Waals surface area contributed by atoms with Crippen molar-refractivity contribution in [2.24, 2.45) is 0 Å². The molecule has 0 bridgehead atoms. The fourth-order valence-corrected chi connectivity index (χ4v) is 3.45. The Morgan fingerprint density at radius 3 is 3.11 bits per heavy atom. The molecule has 0 aromatic heterocycles. The summed E-state index contributed by atoms with van der Waals surface area (Å²) >= 11 is 5.95. The predicted molar refractivity (Wildman–Crippen MR) is 73.0 cm³/mol. The van der Waals surface area contributed by atoms with E-state index in [4.69, 9.17) is 11.6 Å². The van der Waals surface area contributed by atoms with Crippen molar-refractivity contribution in [2.75, 3.05) is 13.1 Å². The number of fused-ring (bicyclic) bond motifs is 1. The molecule has 2 saturated heterocycles. The quantitative estimate of drug-likeness (QED) is 0.882. The number of nitrogens with one attached hydrogen (secondary N) is 1. The van der Waals surface area contributed by atoms with Crippen LogP contribution in [-0.2, 0) is 6.54 Å². The molecule has 0 amide bonds. The minimum absolute atomic E-state index is 0.327. The van der Waals surface area contributed by atoms with Crippen LogP contribution in [0.2, 0.25) is 5.02 Å². The maximum atomic E-state index is 9.79. The molecule has 2 unspecified atom stereocenters. The Morgan fingerprint density at radius 2 is 2.22 bits per heavy atom. The van der Waals surface area contributed by atoms with Gasteiger partial charge in [-0.1, -0.05) is 11.6 Å². The average Bonchev–Trinajstić information content (AvgIpc) is 2.93. The summed E-state index contributed by atoms with van der Waals surface area (Å²) in [6.07, 6.45) is 3.84. The Labute approximate surface area is 113 Å². The van der Waals surface area contributed by atoms with E-state index in [-0.39, 0.29) is 0 Å². The van der Waals surface area contributed by atoms with Gasteiger partial charge >= 0.3 is 0 Å². The van der Waals surface area contributed by atoms with E-state index < -0.39 is 0 Å². The summed E-state index contributed by atoms with van der Waals surface area (Å²) in [4.78, 5) is 2.58. The molecule has 1 aromatic carbocycles. The second-order valence-corrected chi connectivity index (χ2v) is 5.73. The van der Waals surface area contributed by atoms with Crippen LogP contribution in [0.15, 0.2) is 18.2 Å². The monoisotopic (exact) mass is 266 g/mol. The van der Waals surface area contributed by atoms with E-state index in [0.29, 0.717) is 29.4 Å². The minimum Gasteiger partial charge on any atom is -0.508 e. The van der Waals surface area contributed by atoms with Gasteiger partial charge in [-0.05, 0) is 44.0 Å². The third-order valence-corrected chi connectivity index (χ3v) is 4.44. The van der Waals surface area contributed by atoms with Crippen molar-refractivity contribution in [2.45, 2.75) is 37.9 Å². The molecule has 0 aliphatic carbocycles. The van der Waals surface area contributed by atoms with Crippen LogP contribution in [0.5, 0.6) is 5.75 Å². The Hall–Kier alpha value is -0.770. The van der Waals surface area contributed by atoms with Gasteiger partial charge in [0.1, 0.15) is 5.75 Å². The zero-order valence-electron chi connectivity index (χ0n) is 10.4. The number of hydrogen-bond acceptors (Lipinski definition) is 3. The molecule has 18 heavy (non-hydrogen) atoms. The summed E-state index contributed by atoms with van der Waals surface area (Å²) < 4.78 is 0. The molecule has 3 nitrogen and oxygen atoms in total. The molecule has 2 atom stereocenters. The molecule has 2 heterocycles. The van der Waals surface area contributed by atoms with Crippen molar-refractivity contribution in [1.29, 1.82) is 0 Å². The van der Waals surface area contributed by atoms with Crippen molar-refractivity contribution in [3.05, 3.63) is 28.8 Å². The van der Waals surface area contributed by atoms with Gasteiger partial charge in [0, 0.05) is 35.8 Å². The van der Waals surface area contributed by atoms with Crippen LogP contribution in [0.3, 0.4) is 0 Å². The summed E-state index contributed by atoms with van der Waals surface area (Å²) in [6, 6.07) is 6.48. The van der Waals surface area contributed by atoms with Gasteiger partial charge < -0.3 is 10.4 Å². The van der Waals surface area contributed by atoms with Crippen LogP contribution in [0, 0.1) is 0 Å². The van der Waals surface area contributed by atoms with Crippen molar-refractivity contribution < 1.29 is 5.11 Å². The van der Waals surface area contributed by atoms with Crippen molar-refractivity contribution in [1.82, 2.24) is 10.2 Å². The first-order valence-corrected chi connectivity index (χ1v) is 7.06. The molecule has 98 valence electrons. The van der Waals surface area contributed by atoms with Gasteiger partial charge in [-0.3, -0.25) is 4.90 Å². The maximum Gasteiger partial charge on any atom is 0.120 e. The molecule has 2 aliphatic rings. The van der Waals surface area contributed by atoms with Crippen LogP contribution in [0.1, 0.15) is 24.8 Å². The Kier molecular flexibility index (Phi) is 3.46. The van der Waals surface area contributed by atoms with Gasteiger partial charge in [0.05, 0.1) is 0 Å². The molecule has 0 radical (unpaired) electrons. The summed E-state index contributed by atoms with van der Waals surface area (Å²) in [5.41, 5.74) is 0.888. The third-order valence-electron chi connectivity index (χ3n) is 4.20. The van der Waals surface area contributed by atoms with Crippen LogP contribution in [0.4, 0.5) is 0 Å². The lowest BCUT2D eigenvalue weighted by Gasteiger charge is -2.21. The second kappa shape index (κ2) is 5.08. The lowest BCUT2D eigenvalue weighted by molar-refractivity contribution is 0.298. The van der Waals surface area contributed by atoms with Gasteiger partial charge in [-0.25, -0.2) is 0 Å². The smallest absolute Gasteiger partial charge is 0.120 e. The minimum atomic E-state index is 0.327. The molecule has 0 spiro atoms.